The molecule has 20 heavy (non-hydrogen) atoms. The van der Waals surface area contributed by atoms with Crippen molar-refractivity contribution in [3.63, 3.8) is 0 Å². The highest BCUT2D eigenvalue weighted by atomic mass is 16.5. The van der Waals surface area contributed by atoms with Gasteiger partial charge >= 0.3 is 0 Å². The highest BCUT2D eigenvalue weighted by molar-refractivity contribution is 5.18. The normalized spacial score (nSPS) is 25.6. The monoisotopic (exact) mass is 276 g/mol. The molecule has 0 bridgehead atoms. The summed E-state index contributed by atoms with van der Waals surface area (Å²) in [6.07, 6.45) is 1.86. The molecule has 1 saturated heterocycles. The molecule has 0 amide bonds. The number of nitrogens with one attached hydrogen (secondary N) is 1. The zero-order valence-electron chi connectivity index (χ0n) is 13.0. The van der Waals surface area contributed by atoms with Gasteiger partial charge in [-0.25, -0.2) is 0 Å². The van der Waals surface area contributed by atoms with Crippen molar-refractivity contribution in [3.8, 4) is 0 Å². The Morgan fingerprint density at radius 3 is 2.45 bits per heavy atom. The van der Waals surface area contributed by atoms with Gasteiger partial charge in [-0.1, -0.05) is 37.3 Å². The molecule has 1 heterocycles. The van der Waals surface area contributed by atoms with E-state index in [2.05, 4.69) is 61.3 Å². The molecule has 3 atom stereocenters. The van der Waals surface area contributed by atoms with Crippen molar-refractivity contribution >= 4 is 0 Å². The highest BCUT2D eigenvalue weighted by Crippen LogP contribution is 2.18. The summed E-state index contributed by atoms with van der Waals surface area (Å²) in [6, 6.07) is 11.2. The van der Waals surface area contributed by atoms with Gasteiger partial charge in [-0.2, -0.15) is 0 Å². The Labute approximate surface area is 123 Å². The molecule has 1 aliphatic heterocycles. The summed E-state index contributed by atoms with van der Waals surface area (Å²) in [5.41, 5.74) is 1.39. The van der Waals surface area contributed by atoms with Crippen molar-refractivity contribution in [3.05, 3.63) is 35.9 Å². The molecule has 1 N–H and O–H groups in total. The third-order valence-corrected chi connectivity index (χ3v) is 3.88. The molecule has 3 nitrogen and oxygen atoms in total. The van der Waals surface area contributed by atoms with Gasteiger partial charge in [0.2, 0.25) is 0 Å². The fourth-order valence-electron chi connectivity index (χ4n) is 3.10. The van der Waals surface area contributed by atoms with Crippen molar-refractivity contribution < 1.29 is 4.74 Å². The van der Waals surface area contributed by atoms with Crippen molar-refractivity contribution in [1.29, 1.82) is 0 Å². The third kappa shape index (κ3) is 4.58. The van der Waals surface area contributed by atoms with Crippen molar-refractivity contribution in [2.24, 2.45) is 0 Å². The predicted molar refractivity (Wildman–Crippen MR) is 83.9 cm³/mol. The van der Waals surface area contributed by atoms with Crippen molar-refractivity contribution in [2.75, 3.05) is 26.2 Å². The number of nitrogens with zero attached hydrogens (tertiary/aromatic N) is 1. The maximum Gasteiger partial charge on any atom is 0.0678 e. The third-order valence-electron chi connectivity index (χ3n) is 3.88. The molecule has 0 saturated carbocycles. The lowest BCUT2D eigenvalue weighted by atomic mass is 10.0. The Morgan fingerprint density at radius 2 is 1.85 bits per heavy atom. The molecule has 0 spiro atoms. The van der Waals surface area contributed by atoms with Crippen LogP contribution in [0.3, 0.4) is 0 Å². The summed E-state index contributed by atoms with van der Waals surface area (Å²) < 4.78 is 5.80. The van der Waals surface area contributed by atoms with Gasteiger partial charge in [-0.3, -0.25) is 4.90 Å². The SMILES string of the molecule is CCNC(CCN1CC(C)OC(C)C1)c1ccccc1. The van der Waals surface area contributed by atoms with Crippen molar-refractivity contribution in [1.82, 2.24) is 10.2 Å². The number of morpholine rings is 1. The minimum absolute atomic E-state index is 0.355. The van der Waals surface area contributed by atoms with Gasteiger partial charge in [-0.15, -0.1) is 0 Å². The summed E-state index contributed by atoms with van der Waals surface area (Å²) in [4.78, 5) is 2.53. The summed E-state index contributed by atoms with van der Waals surface area (Å²) >= 11 is 0. The lowest BCUT2D eigenvalue weighted by molar-refractivity contribution is -0.0685. The molecule has 0 aromatic heterocycles. The van der Waals surface area contributed by atoms with Crippen LogP contribution in [-0.4, -0.2) is 43.3 Å². The van der Waals surface area contributed by atoms with E-state index in [-0.39, 0.29) is 0 Å². The highest BCUT2D eigenvalue weighted by Gasteiger charge is 2.22. The molecule has 1 fully saturated rings. The van der Waals surface area contributed by atoms with Crippen LogP contribution in [0.2, 0.25) is 0 Å². The summed E-state index contributed by atoms with van der Waals surface area (Å²) in [6.45, 7) is 10.8. The Bertz CT molecular complexity index is 372. The van der Waals surface area contributed by atoms with Crippen LogP contribution in [0, 0.1) is 0 Å². The van der Waals surface area contributed by atoms with Crippen LogP contribution in [0.5, 0.6) is 0 Å². The number of hydrogen-bond donors (Lipinski definition) is 1. The van der Waals surface area contributed by atoms with E-state index in [0.29, 0.717) is 18.2 Å². The second kappa shape index (κ2) is 7.77. The summed E-state index contributed by atoms with van der Waals surface area (Å²) in [5.74, 6) is 0. The lowest BCUT2D eigenvalue weighted by Gasteiger charge is -2.36. The first-order chi connectivity index (χ1) is 9.69. The van der Waals surface area contributed by atoms with Crippen LogP contribution in [0.15, 0.2) is 30.3 Å². The number of hydrogen-bond acceptors (Lipinski definition) is 3. The molecule has 112 valence electrons. The van der Waals surface area contributed by atoms with Crippen LogP contribution in [-0.2, 0) is 4.74 Å². The minimum atomic E-state index is 0.355. The Morgan fingerprint density at radius 1 is 1.20 bits per heavy atom. The van der Waals surface area contributed by atoms with E-state index in [0.717, 1.165) is 32.6 Å². The molecule has 2 rings (SSSR count). The van der Waals surface area contributed by atoms with Gasteiger partial charge in [0.1, 0.15) is 0 Å². The first-order valence-electron chi connectivity index (χ1n) is 7.85. The van der Waals surface area contributed by atoms with Crippen molar-refractivity contribution in [2.45, 2.75) is 45.4 Å². The van der Waals surface area contributed by atoms with Gasteiger partial charge in [0.15, 0.2) is 0 Å². The van der Waals surface area contributed by atoms with Crippen LogP contribution in [0.4, 0.5) is 0 Å². The Kier molecular flexibility index (Phi) is 6.02. The van der Waals surface area contributed by atoms with E-state index in [1.165, 1.54) is 5.56 Å². The van der Waals surface area contributed by atoms with Gasteiger partial charge in [-0.05, 0) is 32.4 Å². The molecular weight excluding hydrogens is 248 g/mol. The van der Waals surface area contributed by atoms with E-state index in [9.17, 15) is 0 Å². The fourth-order valence-corrected chi connectivity index (χ4v) is 3.10. The topological polar surface area (TPSA) is 24.5 Å². The number of rotatable bonds is 6. The molecule has 1 aromatic carbocycles. The van der Waals surface area contributed by atoms with Gasteiger partial charge in [0.25, 0.3) is 0 Å². The smallest absolute Gasteiger partial charge is 0.0678 e. The van der Waals surface area contributed by atoms with Crippen LogP contribution < -0.4 is 5.32 Å². The lowest BCUT2D eigenvalue weighted by Crippen LogP contribution is -2.46. The van der Waals surface area contributed by atoms with Crippen LogP contribution in [0.1, 0.15) is 38.8 Å². The second-order valence-corrected chi connectivity index (χ2v) is 5.83. The van der Waals surface area contributed by atoms with Crippen LogP contribution >= 0.6 is 0 Å². The number of benzene rings is 1. The van der Waals surface area contributed by atoms with E-state index < -0.39 is 0 Å². The molecule has 1 aliphatic rings. The molecule has 1 aromatic rings. The van der Waals surface area contributed by atoms with E-state index >= 15 is 0 Å². The zero-order valence-corrected chi connectivity index (χ0v) is 13.0. The largest absolute Gasteiger partial charge is 0.373 e. The van der Waals surface area contributed by atoms with E-state index in [1.807, 2.05) is 0 Å². The zero-order chi connectivity index (χ0) is 14.4. The average Bonchev–Trinajstić information content (AvgIpc) is 2.43. The van der Waals surface area contributed by atoms with E-state index in [1.54, 1.807) is 0 Å². The summed E-state index contributed by atoms with van der Waals surface area (Å²) in [5, 5.41) is 3.60. The Balaban J connectivity index is 1.89. The quantitative estimate of drug-likeness (QED) is 0.864. The second-order valence-electron chi connectivity index (χ2n) is 5.83. The van der Waals surface area contributed by atoms with Gasteiger partial charge in [0.05, 0.1) is 12.2 Å². The fraction of sp³-hybridized carbons (Fsp3) is 0.647. The molecule has 3 heteroatoms. The first kappa shape index (κ1) is 15.5. The number of ether oxygens (including phenoxy) is 1. The molecule has 0 radical (unpaired) electrons. The standard InChI is InChI=1S/C17H28N2O/c1-4-18-17(16-8-6-5-7-9-16)10-11-19-12-14(2)20-15(3)13-19/h5-9,14-15,17-18H,4,10-13H2,1-3H3. The van der Waals surface area contributed by atoms with Gasteiger partial charge in [0, 0.05) is 25.7 Å². The molecule has 0 aliphatic carbocycles. The maximum atomic E-state index is 5.80. The maximum absolute atomic E-state index is 5.80. The van der Waals surface area contributed by atoms with E-state index in [4.69, 9.17) is 4.74 Å². The predicted octanol–water partition coefficient (Wildman–Crippen LogP) is 2.84. The molecule has 3 unspecified atom stereocenters. The average molecular weight is 276 g/mol. The van der Waals surface area contributed by atoms with Crippen LogP contribution in [0.25, 0.3) is 0 Å². The minimum Gasteiger partial charge on any atom is -0.373 e. The summed E-state index contributed by atoms with van der Waals surface area (Å²) in [7, 11) is 0. The first-order valence-corrected chi connectivity index (χ1v) is 7.85. The Hall–Kier alpha value is -0.900. The molecular formula is C17H28N2O. The van der Waals surface area contributed by atoms with Gasteiger partial charge < -0.3 is 10.1 Å².